The lowest BCUT2D eigenvalue weighted by molar-refractivity contribution is 0.0498. The minimum atomic E-state index is -0.292. The first kappa shape index (κ1) is 30.9. The summed E-state index contributed by atoms with van der Waals surface area (Å²) >= 11 is 0. The average Bonchev–Trinajstić information content (AvgIpc) is 2.97. The van der Waals surface area contributed by atoms with Crippen molar-refractivity contribution >= 4 is 16.9 Å². The van der Waals surface area contributed by atoms with Crippen molar-refractivity contribution in [2.75, 3.05) is 32.8 Å². The molecule has 0 saturated heterocycles. The maximum absolute atomic E-state index is 13.2. The Balaban J connectivity index is 0.00000141. The third kappa shape index (κ3) is 7.51. The Kier molecular flexibility index (Phi) is 12.2. The molecule has 0 unspecified atom stereocenters. The van der Waals surface area contributed by atoms with E-state index in [0.29, 0.717) is 24.4 Å². The highest BCUT2D eigenvalue weighted by molar-refractivity contribution is 6.07. The number of carbonyl (C=O) groups excluding carboxylic acids is 1. The fourth-order valence-electron chi connectivity index (χ4n) is 4.84. The number of benzene rings is 3. The topological polar surface area (TPSA) is 77.7 Å². The van der Waals surface area contributed by atoms with Crippen molar-refractivity contribution in [2.24, 2.45) is 5.73 Å². The Bertz CT molecular complexity index is 1420. The molecule has 2 aromatic rings. The Morgan fingerprint density at radius 3 is 2.33 bits per heavy atom. The van der Waals surface area contributed by atoms with E-state index < -0.39 is 0 Å². The minimum absolute atomic E-state index is 0.292. The minimum Gasteiger partial charge on any atom is -0.494 e. The van der Waals surface area contributed by atoms with E-state index >= 15 is 0 Å². The van der Waals surface area contributed by atoms with Gasteiger partial charge in [0.1, 0.15) is 30.2 Å². The van der Waals surface area contributed by atoms with E-state index in [1.165, 1.54) is 0 Å². The van der Waals surface area contributed by atoms with Gasteiger partial charge in [-0.25, -0.2) is 9.37 Å². The predicted molar refractivity (Wildman–Crippen MR) is 165 cm³/mol. The summed E-state index contributed by atoms with van der Waals surface area (Å²) in [5, 5.41) is 2.03. The van der Waals surface area contributed by atoms with E-state index in [1.54, 1.807) is 0 Å². The summed E-state index contributed by atoms with van der Waals surface area (Å²) in [6.07, 6.45) is 4.25. The molecule has 6 nitrogen and oxygen atoms in total. The van der Waals surface area contributed by atoms with Crippen molar-refractivity contribution in [3.05, 3.63) is 71.6 Å². The van der Waals surface area contributed by atoms with Gasteiger partial charge in [0.25, 0.3) is 0 Å². The van der Waals surface area contributed by atoms with Gasteiger partial charge in [-0.1, -0.05) is 51.3 Å². The Morgan fingerprint density at radius 2 is 1.62 bits per heavy atom. The molecule has 1 aliphatic heterocycles. The summed E-state index contributed by atoms with van der Waals surface area (Å²) in [6, 6.07) is 19.9. The zero-order chi connectivity index (χ0) is 28.9. The van der Waals surface area contributed by atoms with Crippen molar-refractivity contribution in [3.63, 3.8) is 0 Å². The lowest BCUT2D eigenvalue weighted by Crippen LogP contribution is -2.29. The van der Waals surface area contributed by atoms with Crippen LogP contribution in [-0.2, 0) is 4.74 Å². The number of esters is 1. The maximum Gasteiger partial charge on any atom is 0.338 e. The van der Waals surface area contributed by atoms with Crippen LogP contribution in [0.25, 0.3) is 33.4 Å². The van der Waals surface area contributed by atoms with Crippen molar-refractivity contribution in [1.29, 1.82) is 0 Å². The van der Waals surface area contributed by atoms with E-state index in [4.69, 9.17) is 19.6 Å². The van der Waals surface area contributed by atoms with Gasteiger partial charge < -0.3 is 19.6 Å². The van der Waals surface area contributed by atoms with E-state index in [0.717, 1.165) is 84.3 Å². The van der Waals surface area contributed by atoms with Gasteiger partial charge in [0, 0.05) is 28.6 Å². The Hall–Kier alpha value is -3.64. The SMILES string of the molecule is CCCCCCOC(=O)c1ccccc1-c1c2ccc(=[N+](CC)CC)cc-2oc2cc(OCC)ccc12.CCN. The van der Waals surface area contributed by atoms with Gasteiger partial charge in [0.05, 0.1) is 24.8 Å². The highest BCUT2D eigenvalue weighted by Crippen LogP contribution is 2.42. The zero-order valence-electron chi connectivity index (χ0n) is 24.8. The second-order valence-electron chi connectivity index (χ2n) is 9.57. The van der Waals surface area contributed by atoms with Gasteiger partial charge in [-0.05, 0) is 63.6 Å². The van der Waals surface area contributed by atoms with E-state index in [9.17, 15) is 4.79 Å². The Labute approximate surface area is 238 Å². The molecule has 0 amide bonds. The molecule has 214 valence electrons. The first-order valence-corrected chi connectivity index (χ1v) is 14.7. The quantitative estimate of drug-likeness (QED) is 0.0940. The monoisotopic (exact) mass is 545 g/mol. The van der Waals surface area contributed by atoms with Crippen molar-refractivity contribution < 1.29 is 18.7 Å². The van der Waals surface area contributed by atoms with Gasteiger partial charge in [0.2, 0.25) is 5.36 Å². The van der Waals surface area contributed by atoms with E-state index in [2.05, 4.69) is 43.5 Å². The van der Waals surface area contributed by atoms with Gasteiger partial charge >= 0.3 is 5.97 Å². The lowest BCUT2D eigenvalue weighted by Gasteiger charge is -2.18. The number of nitrogens with two attached hydrogens (primary N) is 1. The predicted octanol–water partition coefficient (Wildman–Crippen LogP) is 7.12. The smallest absolute Gasteiger partial charge is 0.338 e. The molecule has 0 fully saturated rings. The van der Waals surface area contributed by atoms with Gasteiger partial charge in [0.15, 0.2) is 0 Å². The number of nitrogens with zero attached hydrogens (tertiary/aromatic N) is 1. The average molecular weight is 546 g/mol. The van der Waals surface area contributed by atoms with E-state index in [1.807, 2.05) is 56.3 Å². The van der Waals surface area contributed by atoms with Crippen LogP contribution in [0.3, 0.4) is 0 Å². The van der Waals surface area contributed by atoms with Crippen LogP contribution in [0.15, 0.2) is 65.1 Å². The highest BCUT2D eigenvalue weighted by atomic mass is 16.5. The fraction of sp³-hybridized carbons (Fsp3) is 0.412. The van der Waals surface area contributed by atoms with Crippen LogP contribution >= 0.6 is 0 Å². The first-order chi connectivity index (χ1) is 19.5. The molecular formula is C34H45N2O4+. The third-order valence-electron chi connectivity index (χ3n) is 6.76. The maximum atomic E-state index is 13.2. The molecule has 40 heavy (non-hydrogen) atoms. The second-order valence-corrected chi connectivity index (χ2v) is 9.57. The van der Waals surface area contributed by atoms with Gasteiger partial charge in [-0.15, -0.1) is 0 Å². The fourth-order valence-corrected chi connectivity index (χ4v) is 4.84. The van der Waals surface area contributed by atoms with Gasteiger partial charge in [-0.3, -0.25) is 0 Å². The van der Waals surface area contributed by atoms with Crippen LogP contribution in [-0.4, -0.2) is 38.8 Å². The molecule has 0 spiro atoms. The molecule has 0 aromatic heterocycles. The summed E-state index contributed by atoms with van der Waals surface area (Å²) in [5.74, 6) is 1.23. The Morgan fingerprint density at radius 1 is 0.875 bits per heavy atom. The number of rotatable bonds is 11. The molecule has 0 saturated carbocycles. The number of hydrogen-bond acceptors (Lipinski definition) is 5. The number of fused-ring (bicyclic) bond motifs is 2. The zero-order valence-corrected chi connectivity index (χ0v) is 24.8. The molecule has 2 N–H and O–H groups in total. The van der Waals surface area contributed by atoms with E-state index in [-0.39, 0.29) is 5.97 Å². The molecule has 0 bridgehead atoms. The summed E-state index contributed by atoms with van der Waals surface area (Å²) in [6.45, 7) is 13.9. The first-order valence-electron chi connectivity index (χ1n) is 14.7. The number of carbonyl (C=O) groups is 1. The van der Waals surface area contributed by atoms with Crippen LogP contribution in [0.2, 0.25) is 0 Å². The lowest BCUT2D eigenvalue weighted by atomic mass is 9.90. The van der Waals surface area contributed by atoms with Crippen LogP contribution in [0.4, 0.5) is 0 Å². The highest BCUT2D eigenvalue weighted by Gasteiger charge is 2.23. The molecular weight excluding hydrogens is 500 g/mol. The van der Waals surface area contributed by atoms with Crippen LogP contribution < -0.4 is 20.4 Å². The molecule has 0 radical (unpaired) electrons. The third-order valence-corrected chi connectivity index (χ3v) is 6.76. The largest absolute Gasteiger partial charge is 0.494 e. The molecule has 1 aliphatic carbocycles. The normalized spacial score (nSPS) is 10.8. The number of ether oxygens (including phenoxy) is 2. The summed E-state index contributed by atoms with van der Waals surface area (Å²) in [5.41, 5.74) is 8.88. The number of hydrogen-bond donors (Lipinski definition) is 1. The number of unbranched alkanes of at least 4 members (excludes halogenated alkanes) is 3. The molecule has 1 heterocycles. The molecule has 0 atom stereocenters. The summed E-state index contributed by atoms with van der Waals surface area (Å²) in [7, 11) is 0. The molecule has 4 rings (SSSR count). The van der Waals surface area contributed by atoms with Crippen molar-refractivity contribution in [3.8, 4) is 28.2 Å². The van der Waals surface area contributed by atoms with Crippen molar-refractivity contribution in [1.82, 2.24) is 4.58 Å². The molecule has 2 aliphatic rings. The van der Waals surface area contributed by atoms with Crippen LogP contribution in [0, 0.1) is 0 Å². The molecule has 6 heteroatoms. The second kappa shape index (κ2) is 15.8. The summed E-state index contributed by atoms with van der Waals surface area (Å²) < 4.78 is 20.2. The van der Waals surface area contributed by atoms with Gasteiger partial charge in [-0.2, -0.15) is 0 Å². The van der Waals surface area contributed by atoms with Crippen LogP contribution in [0.5, 0.6) is 5.75 Å². The summed E-state index contributed by atoms with van der Waals surface area (Å²) in [4.78, 5) is 13.2. The van der Waals surface area contributed by atoms with Crippen molar-refractivity contribution in [2.45, 2.75) is 60.3 Å². The molecule has 2 aromatic carbocycles. The van der Waals surface area contributed by atoms with Crippen LogP contribution in [0.1, 0.15) is 70.7 Å². The standard InChI is InChI=1S/C32H38NO4.C2H7N/c1-5-9-10-13-20-36-32(34)26-15-12-11-14-25(26)31-27-18-16-23(33(6-2)7-3)21-29(27)37-30-22-24(35-8-4)17-19-28(30)31;1-2-3/h11-12,14-19,21-22H,5-10,13,20H2,1-4H3;2-3H2,1H3/q+1;.